The largest absolute Gasteiger partial charge is 0.488 e. The monoisotopic (exact) mass is 481 g/mol. The third kappa shape index (κ3) is 5.21. The molecule has 184 valence electrons. The highest BCUT2D eigenvalue weighted by molar-refractivity contribution is 6.04. The lowest BCUT2D eigenvalue weighted by Gasteiger charge is -2.26. The Labute approximate surface area is 203 Å². The van der Waals surface area contributed by atoms with E-state index in [-0.39, 0.29) is 31.0 Å². The van der Waals surface area contributed by atoms with Crippen molar-refractivity contribution in [3.05, 3.63) is 64.5 Å². The van der Waals surface area contributed by atoms with Crippen molar-refractivity contribution in [3.63, 3.8) is 0 Å². The van der Waals surface area contributed by atoms with Gasteiger partial charge in [-0.15, -0.1) is 0 Å². The van der Waals surface area contributed by atoms with Crippen LogP contribution in [-0.4, -0.2) is 59.9 Å². The van der Waals surface area contributed by atoms with E-state index in [1.165, 1.54) is 22.6 Å². The Morgan fingerprint density at radius 1 is 1.06 bits per heavy atom. The zero-order chi connectivity index (χ0) is 24.4. The van der Waals surface area contributed by atoms with Crippen LogP contribution in [0.4, 0.5) is 4.39 Å². The van der Waals surface area contributed by atoms with E-state index in [1.54, 1.807) is 0 Å². The van der Waals surface area contributed by atoms with Gasteiger partial charge in [0.1, 0.15) is 24.2 Å². The van der Waals surface area contributed by atoms with Gasteiger partial charge in [0.2, 0.25) is 11.8 Å². The lowest BCUT2D eigenvalue weighted by atomic mass is 10.1. The minimum atomic E-state index is -0.767. The van der Waals surface area contributed by atoms with Crippen molar-refractivity contribution in [1.82, 2.24) is 15.1 Å². The van der Waals surface area contributed by atoms with Crippen molar-refractivity contribution in [1.29, 1.82) is 0 Å². The molecule has 2 fully saturated rings. The first kappa shape index (κ1) is 23.4. The van der Waals surface area contributed by atoms with Crippen molar-refractivity contribution < 1.29 is 28.2 Å². The molecule has 9 heteroatoms. The molecule has 0 aliphatic carbocycles. The SMILES string of the molecule is O=C1CCC[C@H](N2Cc3c(OCc4ccc(CN5CCOCC5)cc4)cc(F)cc3C2=O)C(=O)N1. The van der Waals surface area contributed by atoms with Gasteiger partial charge in [0.05, 0.1) is 25.3 Å². The van der Waals surface area contributed by atoms with Crippen LogP contribution in [0.2, 0.25) is 0 Å². The van der Waals surface area contributed by atoms with Gasteiger partial charge in [-0.2, -0.15) is 0 Å². The molecule has 0 bridgehead atoms. The Kier molecular flexibility index (Phi) is 6.79. The van der Waals surface area contributed by atoms with Gasteiger partial charge in [-0.05, 0) is 30.0 Å². The lowest BCUT2D eigenvalue weighted by Crippen LogP contribution is -2.46. The Morgan fingerprint density at radius 3 is 2.57 bits per heavy atom. The number of carbonyl (C=O) groups is 3. The first-order valence-electron chi connectivity index (χ1n) is 12.0. The summed E-state index contributed by atoms with van der Waals surface area (Å²) in [6, 6.07) is 9.78. The molecule has 0 unspecified atom stereocenters. The average molecular weight is 482 g/mol. The molecular weight excluding hydrogens is 453 g/mol. The molecule has 0 aromatic heterocycles. The first-order chi connectivity index (χ1) is 17.0. The molecule has 3 aliphatic rings. The van der Waals surface area contributed by atoms with E-state index < -0.39 is 23.7 Å². The van der Waals surface area contributed by atoms with Gasteiger partial charge >= 0.3 is 0 Å². The second-order valence-electron chi connectivity index (χ2n) is 9.18. The predicted molar refractivity (Wildman–Crippen MR) is 124 cm³/mol. The van der Waals surface area contributed by atoms with Gasteiger partial charge in [-0.1, -0.05) is 24.3 Å². The van der Waals surface area contributed by atoms with Crippen LogP contribution in [0.15, 0.2) is 36.4 Å². The highest BCUT2D eigenvalue weighted by atomic mass is 19.1. The highest BCUT2D eigenvalue weighted by Crippen LogP contribution is 2.35. The molecular formula is C26H28FN3O5. The van der Waals surface area contributed by atoms with E-state index in [1.807, 2.05) is 12.1 Å². The van der Waals surface area contributed by atoms with Crippen LogP contribution >= 0.6 is 0 Å². The maximum atomic E-state index is 14.4. The molecule has 1 atom stereocenters. The topological polar surface area (TPSA) is 88.2 Å². The highest BCUT2D eigenvalue weighted by Gasteiger charge is 2.39. The molecule has 2 aromatic carbocycles. The number of nitrogens with zero attached hydrogens (tertiary/aromatic N) is 2. The third-order valence-electron chi connectivity index (χ3n) is 6.74. The van der Waals surface area contributed by atoms with Gasteiger partial charge in [-0.3, -0.25) is 24.6 Å². The fraction of sp³-hybridized carbons (Fsp3) is 0.423. The number of hydrogen-bond donors (Lipinski definition) is 1. The molecule has 5 rings (SSSR count). The Morgan fingerprint density at radius 2 is 1.80 bits per heavy atom. The lowest BCUT2D eigenvalue weighted by molar-refractivity contribution is -0.132. The van der Waals surface area contributed by atoms with E-state index in [0.717, 1.165) is 38.4 Å². The third-order valence-corrected chi connectivity index (χ3v) is 6.74. The second-order valence-corrected chi connectivity index (χ2v) is 9.18. The number of benzene rings is 2. The minimum Gasteiger partial charge on any atom is -0.488 e. The summed E-state index contributed by atoms with van der Waals surface area (Å²) in [5.74, 6) is -1.54. The van der Waals surface area contributed by atoms with E-state index in [4.69, 9.17) is 9.47 Å². The predicted octanol–water partition coefficient (Wildman–Crippen LogP) is 2.39. The van der Waals surface area contributed by atoms with Gasteiger partial charge < -0.3 is 14.4 Å². The van der Waals surface area contributed by atoms with Crippen molar-refractivity contribution in [2.24, 2.45) is 0 Å². The summed E-state index contributed by atoms with van der Waals surface area (Å²) >= 11 is 0. The number of amides is 3. The van der Waals surface area contributed by atoms with Crippen LogP contribution in [0.5, 0.6) is 5.75 Å². The molecule has 2 saturated heterocycles. The molecule has 35 heavy (non-hydrogen) atoms. The smallest absolute Gasteiger partial charge is 0.255 e. The maximum Gasteiger partial charge on any atom is 0.255 e. The molecule has 3 amide bonds. The summed E-state index contributed by atoms with van der Waals surface area (Å²) in [4.78, 5) is 41.0. The van der Waals surface area contributed by atoms with E-state index in [0.29, 0.717) is 24.2 Å². The van der Waals surface area contributed by atoms with Crippen molar-refractivity contribution in [2.45, 2.75) is 45.0 Å². The summed E-state index contributed by atoms with van der Waals surface area (Å²) in [5.41, 5.74) is 2.88. The number of carbonyl (C=O) groups excluding carboxylic acids is 3. The van der Waals surface area contributed by atoms with Crippen molar-refractivity contribution in [2.75, 3.05) is 26.3 Å². The van der Waals surface area contributed by atoms with Crippen LogP contribution in [0.25, 0.3) is 0 Å². The molecule has 8 nitrogen and oxygen atoms in total. The number of halogens is 1. The van der Waals surface area contributed by atoms with Crippen LogP contribution in [0, 0.1) is 5.82 Å². The Balaban J connectivity index is 1.27. The summed E-state index contributed by atoms with van der Waals surface area (Å²) in [6.07, 6.45) is 1.12. The Hall–Kier alpha value is -3.30. The second kappa shape index (κ2) is 10.1. The zero-order valence-electron chi connectivity index (χ0n) is 19.4. The summed E-state index contributed by atoms with van der Waals surface area (Å²) in [7, 11) is 0. The quantitative estimate of drug-likeness (QED) is 0.638. The summed E-state index contributed by atoms with van der Waals surface area (Å²) in [6.45, 7) is 4.57. The number of rotatable bonds is 6. The maximum absolute atomic E-state index is 14.4. The first-order valence-corrected chi connectivity index (χ1v) is 12.0. The molecule has 0 saturated carbocycles. The molecule has 2 aromatic rings. The number of imide groups is 1. The van der Waals surface area contributed by atoms with Crippen molar-refractivity contribution in [3.8, 4) is 5.75 Å². The van der Waals surface area contributed by atoms with Crippen molar-refractivity contribution >= 4 is 17.7 Å². The minimum absolute atomic E-state index is 0.133. The van der Waals surface area contributed by atoms with Gasteiger partial charge in [0.15, 0.2) is 0 Å². The van der Waals surface area contributed by atoms with Gasteiger partial charge in [0.25, 0.3) is 5.91 Å². The molecule has 0 spiro atoms. The summed E-state index contributed by atoms with van der Waals surface area (Å²) in [5, 5.41) is 2.33. The number of nitrogens with one attached hydrogen (secondary N) is 1. The van der Waals surface area contributed by atoms with E-state index >= 15 is 0 Å². The summed E-state index contributed by atoms with van der Waals surface area (Å²) < 4.78 is 25.7. The molecule has 3 heterocycles. The van der Waals surface area contributed by atoms with Crippen LogP contribution in [0.3, 0.4) is 0 Å². The number of hydrogen-bond acceptors (Lipinski definition) is 6. The Bertz CT molecular complexity index is 1130. The number of ether oxygens (including phenoxy) is 2. The molecule has 0 radical (unpaired) electrons. The number of morpholine rings is 1. The van der Waals surface area contributed by atoms with Crippen LogP contribution in [-0.2, 0) is 34.0 Å². The normalized spacial score (nSPS) is 21.0. The van der Waals surface area contributed by atoms with Gasteiger partial charge in [0, 0.05) is 37.7 Å². The average Bonchev–Trinajstić information content (AvgIpc) is 3.07. The van der Waals surface area contributed by atoms with Gasteiger partial charge in [-0.25, -0.2) is 4.39 Å². The van der Waals surface area contributed by atoms with Crippen LogP contribution in [0.1, 0.15) is 46.3 Å². The van der Waals surface area contributed by atoms with E-state index in [9.17, 15) is 18.8 Å². The van der Waals surface area contributed by atoms with Crippen LogP contribution < -0.4 is 10.1 Å². The zero-order valence-corrected chi connectivity index (χ0v) is 19.4. The molecule has 1 N–H and O–H groups in total. The fourth-order valence-corrected chi connectivity index (χ4v) is 4.83. The standard InChI is InChI=1S/C26H28FN3O5/c27-19-12-20-21(15-30(26(20)33)22-2-1-3-24(31)28-25(22)32)23(13-19)35-16-18-6-4-17(5-7-18)14-29-8-10-34-11-9-29/h4-7,12-13,22H,1-3,8-11,14-16H2,(H,28,31,32)/t22-/m0/s1. The number of fused-ring (bicyclic) bond motifs is 1. The van der Waals surface area contributed by atoms with E-state index in [2.05, 4.69) is 22.3 Å². The molecule has 3 aliphatic heterocycles. The fourth-order valence-electron chi connectivity index (χ4n) is 4.83.